The standard InChI is InChI=1S/C16H20FN3O/c1-2-20-12(8-9-19-20)11-18-15-7-4-10-21-16-13(15)5-3-6-14(16)17/h3,5-6,8-9,15,18H,2,4,7,10-11H2,1H3. The fraction of sp³-hybridized carbons (Fsp3) is 0.438. The Labute approximate surface area is 123 Å². The Morgan fingerprint density at radius 3 is 3.19 bits per heavy atom. The minimum Gasteiger partial charge on any atom is -0.490 e. The number of hydrogen-bond acceptors (Lipinski definition) is 3. The van der Waals surface area contributed by atoms with E-state index in [1.54, 1.807) is 6.07 Å². The molecule has 0 aliphatic carbocycles. The largest absolute Gasteiger partial charge is 0.490 e. The number of para-hydroxylation sites is 1. The van der Waals surface area contributed by atoms with Gasteiger partial charge in [0.1, 0.15) is 0 Å². The van der Waals surface area contributed by atoms with Gasteiger partial charge >= 0.3 is 0 Å². The molecule has 1 N–H and O–H groups in total. The van der Waals surface area contributed by atoms with Crippen LogP contribution >= 0.6 is 0 Å². The third-order valence-corrected chi connectivity index (χ3v) is 3.89. The number of rotatable bonds is 4. The van der Waals surface area contributed by atoms with Crippen molar-refractivity contribution in [3.8, 4) is 5.75 Å². The summed E-state index contributed by atoms with van der Waals surface area (Å²) in [5.74, 6) is 0.122. The summed E-state index contributed by atoms with van der Waals surface area (Å²) in [6, 6.07) is 7.26. The average molecular weight is 289 g/mol. The zero-order chi connectivity index (χ0) is 14.7. The maximum absolute atomic E-state index is 13.9. The normalized spacial score (nSPS) is 17.9. The second kappa shape index (κ2) is 6.26. The van der Waals surface area contributed by atoms with Gasteiger partial charge in [0.2, 0.25) is 0 Å². The molecular weight excluding hydrogens is 269 g/mol. The molecule has 1 aliphatic heterocycles. The molecule has 2 heterocycles. The van der Waals surface area contributed by atoms with Crippen LogP contribution in [0.4, 0.5) is 4.39 Å². The van der Waals surface area contributed by atoms with Gasteiger partial charge in [0.25, 0.3) is 0 Å². The Kier molecular flexibility index (Phi) is 4.20. The van der Waals surface area contributed by atoms with E-state index in [-0.39, 0.29) is 11.9 Å². The van der Waals surface area contributed by atoms with Crippen molar-refractivity contribution in [3.05, 3.63) is 47.5 Å². The van der Waals surface area contributed by atoms with Gasteiger partial charge in [-0.25, -0.2) is 4.39 Å². The first-order valence-electron chi connectivity index (χ1n) is 7.45. The van der Waals surface area contributed by atoms with Gasteiger partial charge in [-0.05, 0) is 31.9 Å². The predicted molar refractivity (Wildman–Crippen MR) is 78.6 cm³/mol. The molecule has 0 bridgehead atoms. The fourth-order valence-corrected chi connectivity index (χ4v) is 2.80. The Hall–Kier alpha value is -1.88. The van der Waals surface area contributed by atoms with Crippen LogP contribution in [0.25, 0.3) is 0 Å². The van der Waals surface area contributed by atoms with E-state index < -0.39 is 0 Å². The summed E-state index contributed by atoms with van der Waals surface area (Å²) in [6.07, 6.45) is 3.67. The van der Waals surface area contributed by atoms with Crippen LogP contribution in [0.1, 0.15) is 37.1 Å². The van der Waals surface area contributed by atoms with Crippen LogP contribution in [0.2, 0.25) is 0 Å². The third kappa shape index (κ3) is 2.93. The summed E-state index contributed by atoms with van der Waals surface area (Å²) in [5.41, 5.74) is 2.05. The second-order valence-electron chi connectivity index (χ2n) is 5.22. The molecule has 1 atom stereocenters. The van der Waals surface area contributed by atoms with Crippen LogP contribution in [-0.4, -0.2) is 16.4 Å². The lowest BCUT2D eigenvalue weighted by Crippen LogP contribution is -2.22. The molecule has 1 aromatic heterocycles. The fourth-order valence-electron chi connectivity index (χ4n) is 2.80. The number of aromatic nitrogens is 2. The summed E-state index contributed by atoms with van der Waals surface area (Å²) >= 11 is 0. The van der Waals surface area contributed by atoms with Crippen LogP contribution in [0.15, 0.2) is 30.5 Å². The zero-order valence-corrected chi connectivity index (χ0v) is 12.2. The molecule has 4 nitrogen and oxygen atoms in total. The molecule has 21 heavy (non-hydrogen) atoms. The van der Waals surface area contributed by atoms with E-state index in [2.05, 4.69) is 17.3 Å². The van der Waals surface area contributed by atoms with Gasteiger partial charge < -0.3 is 10.1 Å². The average Bonchev–Trinajstić information content (AvgIpc) is 2.85. The Morgan fingerprint density at radius 1 is 1.43 bits per heavy atom. The summed E-state index contributed by atoms with van der Waals surface area (Å²) in [6.45, 7) is 4.21. The highest BCUT2D eigenvalue weighted by atomic mass is 19.1. The lowest BCUT2D eigenvalue weighted by molar-refractivity contribution is 0.300. The van der Waals surface area contributed by atoms with Crippen molar-refractivity contribution in [3.63, 3.8) is 0 Å². The smallest absolute Gasteiger partial charge is 0.165 e. The first-order valence-corrected chi connectivity index (χ1v) is 7.45. The van der Waals surface area contributed by atoms with E-state index in [1.807, 2.05) is 23.0 Å². The quantitative estimate of drug-likeness (QED) is 0.940. The summed E-state index contributed by atoms with van der Waals surface area (Å²) in [7, 11) is 0. The van der Waals surface area contributed by atoms with E-state index in [0.29, 0.717) is 18.9 Å². The second-order valence-corrected chi connectivity index (χ2v) is 5.22. The number of hydrogen-bond donors (Lipinski definition) is 1. The Balaban J connectivity index is 1.78. The van der Waals surface area contributed by atoms with Gasteiger partial charge in [0, 0.05) is 30.9 Å². The molecule has 0 saturated carbocycles. The predicted octanol–water partition coefficient (Wildman–Crippen LogP) is 3.05. The van der Waals surface area contributed by atoms with Crippen LogP contribution in [-0.2, 0) is 13.1 Å². The van der Waals surface area contributed by atoms with Crippen LogP contribution < -0.4 is 10.1 Å². The summed E-state index contributed by atoms with van der Waals surface area (Å²) in [5, 5.41) is 7.78. The lowest BCUT2D eigenvalue weighted by Gasteiger charge is -2.19. The molecule has 5 heteroatoms. The van der Waals surface area contributed by atoms with Crippen molar-refractivity contribution in [1.29, 1.82) is 0 Å². The topological polar surface area (TPSA) is 39.1 Å². The number of benzene rings is 1. The number of aryl methyl sites for hydroxylation is 1. The zero-order valence-electron chi connectivity index (χ0n) is 12.2. The summed E-state index contributed by atoms with van der Waals surface area (Å²) < 4.78 is 21.4. The van der Waals surface area contributed by atoms with E-state index in [1.165, 1.54) is 6.07 Å². The van der Waals surface area contributed by atoms with E-state index in [0.717, 1.165) is 30.6 Å². The molecule has 3 rings (SSSR count). The number of nitrogens with zero attached hydrogens (tertiary/aromatic N) is 2. The Bertz CT molecular complexity index is 611. The molecule has 0 saturated heterocycles. The third-order valence-electron chi connectivity index (χ3n) is 3.89. The molecule has 0 radical (unpaired) electrons. The molecule has 1 unspecified atom stereocenters. The minimum absolute atomic E-state index is 0.110. The SMILES string of the molecule is CCn1nccc1CNC1CCCOc2c(F)cccc21. The molecule has 2 aromatic rings. The highest BCUT2D eigenvalue weighted by Gasteiger charge is 2.22. The highest BCUT2D eigenvalue weighted by Crippen LogP contribution is 2.33. The number of ether oxygens (including phenoxy) is 1. The van der Waals surface area contributed by atoms with E-state index in [4.69, 9.17) is 4.74 Å². The molecule has 1 aliphatic rings. The molecule has 1 aromatic carbocycles. The molecule has 112 valence electrons. The van der Waals surface area contributed by atoms with Crippen LogP contribution in [0, 0.1) is 5.82 Å². The van der Waals surface area contributed by atoms with Gasteiger partial charge in [0.15, 0.2) is 11.6 Å². The maximum atomic E-state index is 13.9. The number of fused-ring (bicyclic) bond motifs is 1. The molecule has 0 fully saturated rings. The maximum Gasteiger partial charge on any atom is 0.165 e. The van der Waals surface area contributed by atoms with Crippen LogP contribution in [0.3, 0.4) is 0 Å². The van der Waals surface area contributed by atoms with Crippen molar-refractivity contribution < 1.29 is 9.13 Å². The van der Waals surface area contributed by atoms with Crippen molar-refractivity contribution in [2.24, 2.45) is 0 Å². The first-order chi connectivity index (χ1) is 10.3. The van der Waals surface area contributed by atoms with Crippen molar-refractivity contribution in [1.82, 2.24) is 15.1 Å². The van der Waals surface area contributed by atoms with Gasteiger partial charge in [-0.15, -0.1) is 0 Å². The Morgan fingerprint density at radius 2 is 2.33 bits per heavy atom. The van der Waals surface area contributed by atoms with Crippen molar-refractivity contribution in [2.45, 2.75) is 38.9 Å². The van der Waals surface area contributed by atoms with E-state index in [9.17, 15) is 4.39 Å². The molecular formula is C16H20FN3O. The minimum atomic E-state index is -0.278. The van der Waals surface area contributed by atoms with Gasteiger partial charge in [0.05, 0.1) is 12.3 Å². The van der Waals surface area contributed by atoms with E-state index >= 15 is 0 Å². The van der Waals surface area contributed by atoms with Crippen LogP contribution in [0.5, 0.6) is 5.75 Å². The number of halogens is 1. The molecule has 0 amide bonds. The molecule has 0 spiro atoms. The summed E-state index contributed by atoms with van der Waals surface area (Å²) in [4.78, 5) is 0. The lowest BCUT2D eigenvalue weighted by atomic mass is 10.0. The van der Waals surface area contributed by atoms with Crippen molar-refractivity contribution in [2.75, 3.05) is 6.61 Å². The first kappa shape index (κ1) is 14.1. The monoisotopic (exact) mass is 289 g/mol. The van der Waals surface area contributed by atoms with Crippen molar-refractivity contribution >= 4 is 0 Å². The number of nitrogens with one attached hydrogen (secondary N) is 1. The van der Waals surface area contributed by atoms with Gasteiger partial charge in [-0.1, -0.05) is 12.1 Å². The van der Waals surface area contributed by atoms with Gasteiger partial charge in [-0.2, -0.15) is 5.10 Å². The highest BCUT2D eigenvalue weighted by molar-refractivity contribution is 5.38. The van der Waals surface area contributed by atoms with Gasteiger partial charge in [-0.3, -0.25) is 4.68 Å².